The standard InChI is InChI=1S/C28H28N2O5/c1-2-25(27(33)29-16-19-10-4-3-9-18(19)15-26(31)32)30-28(34)35-17-24-22-13-7-5-11-20(22)21-12-6-8-14-23(21)24/h3-14,24-25H,2,15-17H2,1H3,(H,29,33)(H,30,34)(H,31,32)/t25-/m1/s1. The van der Waals surface area contributed by atoms with Crippen LogP contribution in [-0.4, -0.2) is 35.7 Å². The van der Waals surface area contributed by atoms with Gasteiger partial charge in [0.15, 0.2) is 0 Å². The van der Waals surface area contributed by atoms with Crippen molar-refractivity contribution >= 4 is 18.0 Å². The fourth-order valence-electron chi connectivity index (χ4n) is 4.51. The molecule has 0 spiro atoms. The van der Waals surface area contributed by atoms with Crippen molar-refractivity contribution in [3.05, 3.63) is 95.1 Å². The summed E-state index contributed by atoms with van der Waals surface area (Å²) in [5.74, 6) is -1.36. The van der Waals surface area contributed by atoms with Crippen molar-refractivity contribution in [3.63, 3.8) is 0 Å². The van der Waals surface area contributed by atoms with Crippen molar-refractivity contribution in [2.24, 2.45) is 0 Å². The van der Waals surface area contributed by atoms with Crippen LogP contribution in [0, 0.1) is 0 Å². The molecule has 1 aliphatic rings. The molecule has 1 atom stereocenters. The Hall–Kier alpha value is -4.13. The van der Waals surface area contributed by atoms with Crippen molar-refractivity contribution in [1.29, 1.82) is 0 Å². The molecule has 0 fully saturated rings. The number of ether oxygens (including phenoxy) is 1. The predicted molar refractivity (Wildman–Crippen MR) is 132 cm³/mol. The number of benzene rings is 3. The van der Waals surface area contributed by atoms with Crippen LogP contribution in [0.4, 0.5) is 4.79 Å². The highest BCUT2D eigenvalue weighted by Crippen LogP contribution is 2.44. The van der Waals surface area contributed by atoms with Gasteiger partial charge in [-0.05, 0) is 39.8 Å². The van der Waals surface area contributed by atoms with E-state index in [9.17, 15) is 14.4 Å². The first kappa shape index (κ1) is 24.0. The molecule has 3 aromatic rings. The SMILES string of the molecule is CC[C@@H](NC(=O)OCC1c2ccccc2-c2ccccc21)C(=O)NCc1ccccc1CC(=O)O. The van der Waals surface area contributed by atoms with Crippen LogP contribution in [0.5, 0.6) is 0 Å². The first-order valence-corrected chi connectivity index (χ1v) is 11.7. The summed E-state index contributed by atoms with van der Waals surface area (Å²) in [6.07, 6.45) is -0.395. The molecule has 3 aromatic carbocycles. The second-order valence-electron chi connectivity index (χ2n) is 8.49. The maximum absolute atomic E-state index is 12.7. The fraction of sp³-hybridized carbons (Fsp3) is 0.250. The minimum absolute atomic E-state index is 0.0622. The normalized spacial score (nSPS) is 12.8. The molecule has 3 N–H and O–H groups in total. The molecular formula is C28H28N2O5. The van der Waals surface area contributed by atoms with Gasteiger partial charge in [-0.3, -0.25) is 9.59 Å². The van der Waals surface area contributed by atoms with Crippen LogP contribution in [0.15, 0.2) is 72.8 Å². The van der Waals surface area contributed by atoms with Gasteiger partial charge in [0, 0.05) is 12.5 Å². The van der Waals surface area contributed by atoms with Crippen LogP contribution in [0.2, 0.25) is 0 Å². The Morgan fingerprint density at radius 3 is 2.06 bits per heavy atom. The molecule has 7 nitrogen and oxygen atoms in total. The van der Waals surface area contributed by atoms with Gasteiger partial charge in [-0.2, -0.15) is 0 Å². The Kier molecular flexibility index (Phi) is 7.45. The number of carbonyl (C=O) groups is 3. The van der Waals surface area contributed by atoms with Crippen molar-refractivity contribution in [2.75, 3.05) is 6.61 Å². The minimum Gasteiger partial charge on any atom is -0.481 e. The van der Waals surface area contributed by atoms with Gasteiger partial charge in [0.1, 0.15) is 12.6 Å². The lowest BCUT2D eigenvalue weighted by Crippen LogP contribution is -2.46. The average molecular weight is 473 g/mol. The molecule has 7 heteroatoms. The zero-order valence-corrected chi connectivity index (χ0v) is 19.5. The van der Waals surface area contributed by atoms with E-state index in [2.05, 4.69) is 22.8 Å². The second kappa shape index (κ2) is 10.9. The number of aliphatic carboxylic acids is 1. The third kappa shape index (κ3) is 5.51. The molecule has 180 valence electrons. The largest absolute Gasteiger partial charge is 0.481 e. The summed E-state index contributed by atoms with van der Waals surface area (Å²) in [5.41, 5.74) is 5.88. The molecule has 0 saturated heterocycles. The van der Waals surface area contributed by atoms with Crippen molar-refractivity contribution in [3.8, 4) is 11.1 Å². The molecule has 0 heterocycles. The summed E-state index contributed by atoms with van der Waals surface area (Å²) in [6.45, 7) is 2.14. The topological polar surface area (TPSA) is 105 Å². The predicted octanol–water partition coefficient (Wildman–Crippen LogP) is 4.25. The van der Waals surface area contributed by atoms with E-state index in [0.717, 1.165) is 27.8 Å². The lowest BCUT2D eigenvalue weighted by atomic mass is 9.98. The van der Waals surface area contributed by atoms with E-state index in [1.54, 1.807) is 31.2 Å². The summed E-state index contributed by atoms with van der Waals surface area (Å²) in [7, 11) is 0. The van der Waals surface area contributed by atoms with Gasteiger partial charge in [-0.15, -0.1) is 0 Å². The number of alkyl carbamates (subject to hydrolysis) is 1. The van der Waals surface area contributed by atoms with Crippen LogP contribution in [0.3, 0.4) is 0 Å². The van der Waals surface area contributed by atoms with E-state index < -0.39 is 18.1 Å². The van der Waals surface area contributed by atoms with Crippen molar-refractivity contribution in [2.45, 2.75) is 38.3 Å². The second-order valence-corrected chi connectivity index (χ2v) is 8.49. The number of carboxylic acid groups (broad SMARTS) is 1. The molecule has 4 rings (SSSR count). The zero-order chi connectivity index (χ0) is 24.8. The molecule has 2 amide bonds. The summed E-state index contributed by atoms with van der Waals surface area (Å²) in [4.78, 5) is 36.4. The Balaban J connectivity index is 1.34. The highest BCUT2D eigenvalue weighted by atomic mass is 16.5. The molecule has 0 bridgehead atoms. The Labute approximate surface area is 204 Å². The Morgan fingerprint density at radius 2 is 1.46 bits per heavy atom. The van der Waals surface area contributed by atoms with Crippen LogP contribution in [0.25, 0.3) is 11.1 Å². The summed E-state index contributed by atoms with van der Waals surface area (Å²) in [5, 5.41) is 14.5. The number of nitrogens with one attached hydrogen (secondary N) is 2. The number of carbonyl (C=O) groups excluding carboxylic acids is 2. The number of rotatable bonds is 9. The molecule has 0 unspecified atom stereocenters. The fourth-order valence-corrected chi connectivity index (χ4v) is 4.51. The molecule has 0 aromatic heterocycles. The van der Waals surface area contributed by atoms with Gasteiger partial charge in [-0.25, -0.2) is 4.79 Å². The van der Waals surface area contributed by atoms with Gasteiger partial charge < -0.3 is 20.5 Å². The number of amides is 2. The summed E-state index contributed by atoms with van der Waals surface area (Å²) >= 11 is 0. The number of carboxylic acids is 1. The van der Waals surface area contributed by atoms with Gasteiger partial charge in [0.25, 0.3) is 0 Å². The molecule has 35 heavy (non-hydrogen) atoms. The van der Waals surface area contributed by atoms with Gasteiger partial charge in [-0.1, -0.05) is 79.7 Å². The van der Waals surface area contributed by atoms with E-state index in [-0.39, 0.29) is 31.4 Å². The maximum Gasteiger partial charge on any atom is 0.407 e. The van der Waals surface area contributed by atoms with E-state index in [1.165, 1.54) is 0 Å². The lowest BCUT2D eigenvalue weighted by molar-refractivity contribution is -0.136. The van der Waals surface area contributed by atoms with Crippen LogP contribution >= 0.6 is 0 Å². The molecule has 0 saturated carbocycles. The molecule has 0 aliphatic heterocycles. The summed E-state index contributed by atoms with van der Waals surface area (Å²) in [6, 6.07) is 22.5. The monoisotopic (exact) mass is 472 g/mol. The Bertz CT molecular complexity index is 1190. The number of fused-ring (bicyclic) bond motifs is 3. The first-order chi connectivity index (χ1) is 17.0. The van der Waals surface area contributed by atoms with Gasteiger partial charge >= 0.3 is 12.1 Å². The van der Waals surface area contributed by atoms with Crippen molar-refractivity contribution < 1.29 is 24.2 Å². The van der Waals surface area contributed by atoms with E-state index in [4.69, 9.17) is 9.84 Å². The Morgan fingerprint density at radius 1 is 0.886 bits per heavy atom. The van der Waals surface area contributed by atoms with E-state index in [1.807, 2.05) is 36.4 Å². The quantitative estimate of drug-likeness (QED) is 0.432. The van der Waals surface area contributed by atoms with Crippen LogP contribution in [-0.2, 0) is 27.3 Å². The number of hydrogen-bond donors (Lipinski definition) is 3. The maximum atomic E-state index is 12.7. The highest BCUT2D eigenvalue weighted by molar-refractivity contribution is 5.85. The zero-order valence-electron chi connectivity index (χ0n) is 19.5. The number of hydrogen-bond acceptors (Lipinski definition) is 4. The smallest absolute Gasteiger partial charge is 0.407 e. The minimum atomic E-state index is -0.938. The highest BCUT2D eigenvalue weighted by Gasteiger charge is 2.29. The average Bonchev–Trinajstić information content (AvgIpc) is 3.18. The molecular weight excluding hydrogens is 444 g/mol. The lowest BCUT2D eigenvalue weighted by Gasteiger charge is -2.19. The van der Waals surface area contributed by atoms with Gasteiger partial charge in [0.05, 0.1) is 6.42 Å². The molecule has 0 radical (unpaired) electrons. The first-order valence-electron chi connectivity index (χ1n) is 11.7. The summed E-state index contributed by atoms with van der Waals surface area (Å²) < 4.78 is 5.55. The molecule has 1 aliphatic carbocycles. The van der Waals surface area contributed by atoms with Gasteiger partial charge in [0.2, 0.25) is 5.91 Å². The van der Waals surface area contributed by atoms with E-state index in [0.29, 0.717) is 12.0 Å². The van der Waals surface area contributed by atoms with Crippen molar-refractivity contribution in [1.82, 2.24) is 10.6 Å². The van der Waals surface area contributed by atoms with E-state index >= 15 is 0 Å². The van der Waals surface area contributed by atoms with Crippen LogP contribution in [0.1, 0.15) is 41.5 Å². The third-order valence-corrected chi connectivity index (χ3v) is 6.27. The van der Waals surface area contributed by atoms with Crippen LogP contribution < -0.4 is 10.6 Å². The third-order valence-electron chi connectivity index (χ3n) is 6.27.